The molecule has 0 amide bonds. The number of aromatic nitrogens is 3. The lowest BCUT2D eigenvalue weighted by molar-refractivity contribution is 0.134. The summed E-state index contributed by atoms with van der Waals surface area (Å²) in [6, 6.07) is 0. The van der Waals surface area contributed by atoms with Gasteiger partial charge in [0.15, 0.2) is 0 Å². The van der Waals surface area contributed by atoms with E-state index >= 15 is 0 Å². The van der Waals surface area contributed by atoms with Crippen LogP contribution in [0.4, 0.5) is 0 Å². The van der Waals surface area contributed by atoms with Crippen LogP contribution >= 0.6 is 0 Å². The molecule has 1 saturated heterocycles. The van der Waals surface area contributed by atoms with E-state index < -0.39 is 0 Å². The van der Waals surface area contributed by atoms with Gasteiger partial charge in [0, 0.05) is 18.6 Å². The van der Waals surface area contributed by atoms with E-state index in [4.69, 9.17) is 4.74 Å². The number of hydrogen-bond acceptors (Lipinski definition) is 4. The summed E-state index contributed by atoms with van der Waals surface area (Å²) in [5.41, 5.74) is 1.13. The van der Waals surface area contributed by atoms with Crippen molar-refractivity contribution >= 4 is 5.71 Å². The van der Waals surface area contributed by atoms with Crippen LogP contribution in [0.25, 0.3) is 0 Å². The molecule has 2 heterocycles. The lowest BCUT2D eigenvalue weighted by Crippen LogP contribution is -2.16. The fourth-order valence-electron chi connectivity index (χ4n) is 1.11. The highest BCUT2D eigenvalue weighted by Gasteiger charge is 2.06. The zero-order valence-corrected chi connectivity index (χ0v) is 6.68. The predicted octanol–water partition coefficient (Wildman–Crippen LogP) is 0.293. The maximum atomic E-state index is 5.19. The summed E-state index contributed by atoms with van der Waals surface area (Å²) in [7, 11) is 0. The third kappa shape index (κ3) is 1.68. The van der Waals surface area contributed by atoms with E-state index in [1.54, 1.807) is 6.33 Å². The summed E-state index contributed by atoms with van der Waals surface area (Å²) in [5.74, 6) is 0. The topological polar surface area (TPSA) is 52.3 Å². The average molecular weight is 166 g/mol. The molecule has 0 radical (unpaired) electrons. The Morgan fingerprint density at radius 3 is 2.92 bits per heavy atom. The van der Waals surface area contributed by atoms with Crippen LogP contribution in [0.3, 0.4) is 0 Å². The van der Waals surface area contributed by atoms with Gasteiger partial charge in [0.1, 0.15) is 12.7 Å². The van der Waals surface area contributed by atoms with E-state index in [1.165, 1.54) is 11.1 Å². The first-order chi connectivity index (χ1) is 5.95. The van der Waals surface area contributed by atoms with Crippen molar-refractivity contribution < 1.29 is 4.74 Å². The number of ether oxygens (including phenoxy) is 1. The third-order valence-corrected chi connectivity index (χ3v) is 1.72. The minimum Gasteiger partial charge on any atom is -0.381 e. The molecule has 12 heavy (non-hydrogen) atoms. The van der Waals surface area contributed by atoms with E-state index in [-0.39, 0.29) is 0 Å². The molecular formula is C7H10N4O. The maximum Gasteiger partial charge on any atom is 0.139 e. The van der Waals surface area contributed by atoms with Gasteiger partial charge in [-0.3, -0.25) is 0 Å². The molecule has 1 aliphatic heterocycles. The molecule has 0 spiro atoms. The predicted molar refractivity (Wildman–Crippen MR) is 42.9 cm³/mol. The molecule has 1 aromatic heterocycles. The molecule has 0 N–H and O–H groups in total. The highest BCUT2D eigenvalue weighted by atomic mass is 16.5. The highest BCUT2D eigenvalue weighted by molar-refractivity contribution is 5.84. The van der Waals surface area contributed by atoms with Gasteiger partial charge >= 0.3 is 0 Å². The third-order valence-electron chi connectivity index (χ3n) is 1.72. The van der Waals surface area contributed by atoms with Gasteiger partial charge in [0.25, 0.3) is 0 Å². The first-order valence-electron chi connectivity index (χ1n) is 3.94. The fraction of sp³-hybridized carbons (Fsp3) is 0.571. The Morgan fingerprint density at radius 1 is 1.42 bits per heavy atom. The van der Waals surface area contributed by atoms with Crippen molar-refractivity contribution in [3.63, 3.8) is 0 Å². The highest BCUT2D eigenvalue weighted by Crippen LogP contribution is 2.02. The molecule has 0 bridgehead atoms. The summed E-state index contributed by atoms with van der Waals surface area (Å²) < 4.78 is 5.19. The Balaban J connectivity index is 2.07. The van der Waals surface area contributed by atoms with Crippen LogP contribution in [0.15, 0.2) is 17.8 Å². The summed E-state index contributed by atoms with van der Waals surface area (Å²) >= 11 is 0. The Morgan fingerprint density at radius 2 is 2.25 bits per heavy atom. The molecule has 0 unspecified atom stereocenters. The second kappa shape index (κ2) is 3.44. The summed E-state index contributed by atoms with van der Waals surface area (Å²) in [6.07, 6.45) is 4.87. The van der Waals surface area contributed by atoms with Crippen molar-refractivity contribution in [1.29, 1.82) is 0 Å². The van der Waals surface area contributed by atoms with Crippen LogP contribution in [-0.4, -0.2) is 33.8 Å². The Bertz CT molecular complexity index is 259. The molecule has 2 rings (SSSR count). The molecule has 1 aliphatic rings. The van der Waals surface area contributed by atoms with Gasteiger partial charge in [-0.1, -0.05) is 0 Å². The molecule has 0 saturated carbocycles. The average Bonchev–Trinajstić information content (AvgIpc) is 2.59. The molecule has 5 nitrogen and oxygen atoms in total. The zero-order valence-electron chi connectivity index (χ0n) is 6.68. The molecule has 1 fully saturated rings. The minimum absolute atomic E-state index is 0.771. The van der Waals surface area contributed by atoms with Gasteiger partial charge in [-0.15, -0.1) is 9.89 Å². The van der Waals surface area contributed by atoms with Gasteiger partial charge in [0.2, 0.25) is 0 Å². The molecule has 64 valence electrons. The van der Waals surface area contributed by atoms with Crippen molar-refractivity contribution in [3.05, 3.63) is 12.7 Å². The van der Waals surface area contributed by atoms with Gasteiger partial charge in [-0.2, -0.15) is 5.10 Å². The summed E-state index contributed by atoms with van der Waals surface area (Å²) in [6.45, 7) is 1.54. The minimum atomic E-state index is 0.771. The largest absolute Gasteiger partial charge is 0.381 e. The molecule has 5 heteroatoms. The van der Waals surface area contributed by atoms with Crippen molar-refractivity contribution in [1.82, 2.24) is 14.9 Å². The monoisotopic (exact) mass is 166 g/mol. The number of rotatable bonds is 1. The Kier molecular flexibility index (Phi) is 2.13. The van der Waals surface area contributed by atoms with Crippen LogP contribution < -0.4 is 0 Å². The summed E-state index contributed by atoms with van der Waals surface area (Å²) in [5, 5.41) is 8.15. The fourth-order valence-corrected chi connectivity index (χ4v) is 1.11. The number of nitrogens with zero attached hydrogens (tertiary/aromatic N) is 4. The molecule has 1 aromatic rings. The molecule has 0 aromatic carbocycles. The van der Waals surface area contributed by atoms with Crippen LogP contribution in [0, 0.1) is 0 Å². The van der Waals surface area contributed by atoms with Gasteiger partial charge in [-0.05, 0) is 0 Å². The Labute approximate surface area is 70.1 Å². The van der Waals surface area contributed by atoms with E-state index in [0.717, 1.165) is 31.8 Å². The van der Waals surface area contributed by atoms with E-state index in [2.05, 4.69) is 15.2 Å². The first kappa shape index (κ1) is 7.42. The van der Waals surface area contributed by atoms with Crippen LogP contribution in [0.1, 0.15) is 12.8 Å². The Hall–Kier alpha value is -1.23. The second-order valence-electron chi connectivity index (χ2n) is 2.59. The smallest absolute Gasteiger partial charge is 0.139 e. The molecular weight excluding hydrogens is 156 g/mol. The van der Waals surface area contributed by atoms with Crippen LogP contribution in [-0.2, 0) is 4.74 Å². The van der Waals surface area contributed by atoms with E-state index in [0.29, 0.717) is 0 Å². The van der Waals surface area contributed by atoms with Crippen molar-refractivity contribution in [2.75, 3.05) is 13.2 Å². The maximum absolute atomic E-state index is 5.19. The summed E-state index contributed by atoms with van der Waals surface area (Å²) in [4.78, 5) is 5.29. The van der Waals surface area contributed by atoms with Gasteiger partial charge in [0.05, 0.1) is 13.2 Å². The van der Waals surface area contributed by atoms with Crippen molar-refractivity contribution in [2.24, 2.45) is 5.10 Å². The lowest BCUT2D eigenvalue weighted by Gasteiger charge is -2.12. The van der Waals surface area contributed by atoms with E-state index in [1.807, 2.05) is 0 Å². The second-order valence-corrected chi connectivity index (χ2v) is 2.59. The lowest BCUT2D eigenvalue weighted by atomic mass is 10.2. The number of hydrogen-bond donors (Lipinski definition) is 0. The first-order valence-corrected chi connectivity index (χ1v) is 3.94. The quantitative estimate of drug-likeness (QED) is 0.602. The standard InChI is InChI=1S/C7H10N4O/c1-3-12-4-2-7(1)10-11-6-8-5-9-11/h5-6H,1-4H2. The molecule has 0 aliphatic carbocycles. The zero-order chi connectivity index (χ0) is 8.23. The van der Waals surface area contributed by atoms with Crippen molar-refractivity contribution in [2.45, 2.75) is 12.8 Å². The SMILES string of the molecule is c1ncn(N=C2CCOCC2)n1. The van der Waals surface area contributed by atoms with Crippen LogP contribution in [0.2, 0.25) is 0 Å². The van der Waals surface area contributed by atoms with Gasteiger partial charge in [-0.25, -0.2) is 4.98 Å². The molecule has 0 atom stereocenters. The normalized spacial score (nSPS) is 17.8. The van der Waals surface area contributed by atoms with Crippen LogP contribution in [0.5, 0.6) is 0 Å². The van der Waals surface area contributed by atoms with E-state index in [9.17, 15) is 0 Å². The van der Waals surface area contributed by atoms with Crippen molar-refractivity contribution in [3.8, 4) is 0 Å². The van der Waals surface area contributed by atoms with Gasteiger partial charge < -0.3 is 4.74 Å².